The number of likely N-dealkylation sites (tertiary alicyclic amines) is 1. The number of hydrogen-bond donors (Lipinski definition) is 1. The molecule has 0 aromatic heterocycles. The fraction of sp³-hybridized carbons (Fsp3) is 0.233. The first-order valence-electron chi connectivity index (χ1n) is 12.0. The number of ether oxygens (including phenoxy) is 1. The largest absolute Gasteiger partial charge is 0.507 e. The molecule has 1 saturated heterocycles. The summed E-state index contributed by atoms with van der Waals surface area (Å²) in [4.78, 5) is 15.9. The van der Waals surface area contributed by atoms with Crippen molar-refractivity contribution in [3.8, 4) is 22.6 Å². The Morgan fingerprint density at radius 1 is 0.794 bits per heavy atom. The van der Waals surface area contributed by atoms with Crippen molar-refractivity contribution in [3.05, 3.63) is 96.1 Å². The molecule has 4 aromatic carbocycles. The van der Waals surface area contributed by atoms with Gasteiger partial charge in [0.05, 0.1) is 5.56 Å². The summed E-state index contributed by atoms with van der Waals surface area (Å²) in [7, 11) is 0. The summed E-state index contributed by atoms with van der Waals surface area (Å²) in [5.41, 5.74) is 2.68. The molecule has 5 rings (SSSR count). The van der Waals surface area contributed by atoms with Gasteiger partial charge in [-0.05, 0) is 72.6 Å². The predicted molar refractivity (Wildman–Crippen MR) is 137 cm³/mol. The number of hydrogen-bond acceptors (Lipinski definition) is 4. The summed E-state index contributed by atoms with van der Waals surface area (Å²) in [6.07, 6.45) is 3.89. The van der Waals surface area contributed by atoms with E-state index in [1.165, 1.54) is 19.3 Å². The van der Waals surface area contributed by atoms with Gasteiger partial charge in [-0.3, -0.25) is 9.69 Å². The maximum Gasteiger partial charge on any atom is 0.197 e. The van der Waals surface area contributed by atoms with Crippen LogP contribution in [0.2, 0.25) is 0 Å². The Morgan fingerprint density at radius 3 is 2.32 bits per heavy atom. The second-order valence-corrected chi connectivity index (χ2v) is 8.83. The van der Waals surface area contributed by atoms with E-state index < -0.39 is 0 Å². The number of benzene rings is 4. The Bertz CT molecular complexity index is 1290. The van der Waals surface area contributed by atoms with Gasteiger partial charge in [0, 0.05) is 17.7 Å². The SMILES string of the molecule is O=C(c1ccccc1O)c1ccc2ccccc2c1-c1ccc(OCCN2CCCCC2)cc1. The molecule has 0 unspecified atom stereocenters. The fourth-order valence-electron chi connectivity index (χ4n) is 4.78. The van der Waals surface area contributed by atoms with Crippen molar-refractivity contribution in [2.75, 3.05) is 26.2 Å². The highest BCUT2D eigenvalue weighted by Gasteiger charge is 2.20. The van der Waals surface area contributed by atoms with E-state index in [1.807, 2.05) is 60.7 Å². The van der Waals surface area contributed by atoms with Gasteiger partial charge >= 0.3 is 0 Å². The Morgan fingerprint density at radius 2 is 1.53 bits per heavy atom. The molecule has 4 aromatic rings. The number of fused-ring (bicyclic) bond motifs is 1. The van der Waals surface area contributed by atoms with Gasteiger partial charge in [-0.1, -0.05) is 61.0 Å². The molecule has 0 amide bonds. The van der Waals surface area contributed by atoms with Gasteiger partial charge in [-0.25, -0.2) is 0 Å². The first-order valence-corrected chi connectivity index (χ1v) is 12.0. The first-order chi connectivity index (χ1) is 16.7. The number of ketones is 1. The minimum absolute atomic E-state index is 0.0101. The Kier molecular flexibility index (Phi) is 6.59. The molecule has 4 nitrogen and oxygen atoms in total. The van der Waals surface area contributed by atoms with Crippen LogP contribution in [0, 0.1) is 0 Å². The second kappa shape index (κ2) is 10.1. The summed E-state index contributed by atoms with van der Waals surface area (Å²) in [5, 5.41) is 12.4. The number of phenols is 1. The number of phenolic OH excluding ortho intramolecular Hbond substituents is 1. The summed E-state index contributed by atoms with van der Waals surface area (Å²) >= 11 is 0. The summed E-state index contributed by atoms with van der Waals surface area (Å²) < 4.78 is 6.01. The highest BCUT2D eigenvalue weighted by molar-refractivity contribution is 6.18. The molecule has 1 fully saturated rings. The lowest BCUT2D eigenvalue weighted by Crippen LogP contribution is -2.33. The Balaban J connectivity index is 1.44. The minimum Gasteiger partial charge on any atom is -0.507 e. The van der Waals surface area contributed by atoms with Crippen molar-refractivity contribution in [2.24, 2.45) is 0 Å². The van der Waals surface area contributed by atoms with E-state index in [9.17, 15) is 9.90 Å². The number of carbonyl (C=O) groups is 1. The van der Waals surface area contributed by atoms with Crippen molar-refractivity contribution in [3.63, 3.8) is 0 Å². The van der Waals surface area contributed by atoms with Crippen molar-refractivity contribution < 1.29 is 14.6 Å². The van der Waals surface area contributed by atoms with E-state index in [2.05, 4.69) is 4.90 Å². The number of nitrogens with zero attached hydrogens (tertiary/aromatic N) is 1. The van der Waals surface area contributed by atoms with Gasteiger partial charge in [0.2, 0.25) is 0 Å². The van der Waals surface area contributed by atoms with E-state index in [0.29, 0.717) is 17.7 Å². The van der Waals surface area contributed by atoms with Crippen LogP contribution >= 0.6 is 0 Å². The van der Waals surface area contributed by atoms with Crippen LogP contribution in [-0.4, -0.2) is 42.0 Å². The summed E-state index contributed by atoms with van der Waals surface area (Å²) in [6, 6.07) is 26.6. The maximum atomic E-state index is 13.5. The van der Waals surface area contributed by atoms with E-state index in [0.717, 1.165) is 47.3 Å². The van der Waals surface area contributed by atoms with Crippen molar-refractivity contribution in [2.45, 2.75) is 19.3 Å². The fourth-order valence-corrected chi connectivity index (χ4v) is 4.78. The summed E-state index contributed by atoms with van der Waals surface area (Å²) in [5.74, 6) is 0.624. The van der Waals surface area contributed by atoms with Gasteiger partial charge in [0.1, 0.15) is 18.1 Å². The van der Waals surface area contributed by atoms with Crippen LogP contribution in [-0.2, 0) is 0 Å². The van der Waals surface area contributed by atoms with Crippen LogP contribution in [0.15, 0.2) is 84.9 Å². The smallest absolute Gasteiger partial charge is 0.197 e. The molecule has 1 aliphatic heterocycles. The molecular formula is C30H29NO3. The molecule has 1 aliphatic rings. The minimum atomic E-state index is -0.194. The molecule has 0 atom stereocenters. The van der Waals surface area contributed by atoms with Crippen molar-refractivity contribution in [1.29, 1.82) is 0 Å². The number of para-hydroxylation sites is 1. The van der Waals surface area contributed by atoms with Crippen LogP contribution in [0.4, 0.5) is 0 Å². The molecule has 0 spiro atoms. The van der Waals surface area contributed by atoms with Crippen LogP contribution in [0.3, 0.4) is 0 Å². The lowest BCUT2D eigenvalue weighted by Gasteiger charge is -2.26. The Hall–Kier alpha value is -3.63. The van der Waals surface area contributed by atoms with Crippen LogP contribution in [0.5, 0.6) is 11.5 Å². The first kappa shape index (κ1) is 22.2. The topological polar surface area (TPSA) is 49.8 Å². The van der Waals surface area contributed by atoms with Gasteiger partial charge < -0.3 is 9.84 Å². The van der Waals surface area contributed by atoms with Crippen LogP contribution in [0.25, 0.3) is 21.9 Å². The third-order valence-corrected chi connectivity index (χ3v) is 6.59. The molecule has 0 aliphatic carbocycles. The highest BCUT2D eigenvalue weighted by atomic mass is 16.5. The zero-order chi connectivity index (χ0) is 23.3. The molecule has 34 heavy (non-hydrogen) atoms. The van der Waals surface area contributed by atoms with Crippen LogP contribution in [0.1, 0.15) is 35.2 Å². The molecule has 0 radical (unpaired) electrons. The second-order valence-electron chi connectivity index (χ2n) is 8.83. The molecule has 172 valence electrons. The highest BCUT2D eigenvalue weighted by Crippen LogP contribution is 2.35. The lowest BCUT2D eigenvalue weighted by atomic mass is 9.89. The number of piperidine rings is 1. The zero-order valence-corrected chi connectivity index (χ0v) is 19.2. The van der Waals surface area contributed by atoms with Crippen LogP contribution < -0.4 is 4.74 Å². The third kappa shape index (κ3) is 4.68. The van der Waals surface area contributed by atoms with Gasteiger partial charge in [-0.15, -0.1) is 0 Å². The summed E-state index contributed by atoms with van der Waals surface area (Å²) in [6.45, 7) is 3.95. The van der Waals surface area contributed by atoms with Crippen molar-refractivity contribution >= 4 is 16.6 Å². The lowest BCUT2D eigenvalue weighted by molar-refractivity contribution is 0.103. The van der Waals surface area contributed by atoms with E-state index in [1.54, 1.807) is 24.3 Å². The van der Waals surface area contributed by atoms with E-state index in [4.69, 9.17) is 4.74 Å². The molecule has 1 N–H and O–H groups in total. The maximum absolute atomic E-state index is 13.5. The molecule has 0 saturated carbocycles. The van der Waals surface area contributed by atoms with Gasteiger partial charge in [-0.2, -0.15) is 0 Å². The average Bonchev–Trinajstić information content (AvgIpc) is 2.89. The quantitative estimate of drug-likeness (QED) is 0.335. The van der Waals surface area contributed by atoms with E-state index >= 15 is 0 Å². The number of rotatable bonds is 7. The normalized spacial score (nSPS) is 14.2. The molecule has 4 heteroatoms. The van der Waals surface area contributed by atoms with E-state index in [-0.39, 0.29) is 11.5 Å². The van der Waals surface area contributed by atoms with Gasteiger partial charge in [0.25, 0.3) is 0 Å². The predicted octanol–water partition coefficient (Wildman–Crippen LogP) is 6.31. The van der Waals surface area contributed by atoms with Gasteiger partial charge in [0.15, 0.2) is 5.78 Å². The monoisotopic (exact) mass is 451 g/mol. The Labute approximate surface area is 200 Å². The standard InChI is InChI=1S/C30H29NO3/c32-28-11-5-4-10-26(28)30(33)27-17-14-22-8-2-3-9-25(22)29(27)23-12-15-24(16-13-23)34-21-20-31-18-6-1-7-19-31/h2-5,8-17,32H,1,6-7,18-21H2. The number of aromatic hydroxyl groups is 1. The number of carbonyl (C=O) groups excluding carboxylic acids is 1. The molecule has 1 heterocycles. The third-order valence-electron chi connectivity index (χ3n) is 6.59. The molecule has 0 bridgehead atoms. The molecular weight excluding hydrogens is 422 g/mol. The zero-order valence-electron chi connectivity index (χ0n) is 19.2. The van der Waals surface area contributed by atoms with Crippen molar-refractivity contribution in [1.82, 2.24) is 4.90 Å². The average molecular weight is 452 g/mol.